The molecule has 2 aliphatic heterocycles. The van der Waals surface area contributed by atoms with Gasteiger partial charge >= 0.3 is 0 Å². The van der Waals surface area contributed by atoms with Crippen LogP contribution < -0.4 is 15.8 Å². The molecule has 2 fully saturated rings. The number of nitriles is 1. The number of amides is 1. The van der Waals surface area contributed by atoms with Crippen molar-refractivity contribution in [2.24, 2.45) is 16.1 Å². The van der Waals surface area contributed by atoms with E-state index in [1.165, 1.54) is 18.3 Å². The Hall–Kier alpha value is -3.07. The quantitative estimate of drug-likeness (QED) is 0.490. The Bertz CT molecular complexity index is 1350. The molecule has 0 bridgehead atoms. The number of nitrogens with one attached hydrogen (secondary N) is 2. The third-order valence-corrected chi connectivity index (χ3v) is 11.8. The number of rotatable bonds is 3. The Labute approximate surface area is 211 Å². The number of anilines is 1. The Morgan fingerprint density at radius 1 is 1.36 bits per heavy atom. The summed E-state index contributed by atoms with van der Waals surface area (Å²) >= 11 is 0. The van der Waals surface area contributed by atoms with Gasteiger partial charge in [0.2, 0.25) is 0 Å². The van der Waals surface area contributed by atoms with Crippen LogP contribution in [0.4, 0.5) is 10.2 Å². The third kappa shape index (κ3) is 3.58. The van der Waals surface area contributed by atoms with Crippen LogP contribution in [0.3, 0.4) is 0 Å². The largest absolute Gasteiger partial charge is 0.386 e. The summed E-state index contributed by atoms with van der Waals surface area (Å²) in [7, 11) is -2.54. The molecule has 1 spiro atoms. The molecular weight excluding hydrogens is 481 g/mol. The van der Waals surface area contributed by atoms with E-state index in [-0.39, 0.29) is 28.5 Å². The lowest BCUT2D eigenvalue weighted by Crippen LogP contribution is -2.64. The Morgan fingerprint density at radius 2 is 2.08 bits per heavy atom. The first kappa shape index (κ1) is 24.6. The van der Waals surface area contributed by atoms with Gasteiger partial charge in [-0.2, -0.15) is 5.26 Å². The Morgan fingerprint density at radius 3 is 2.72 bits per heavy atom. The summed E-state index contributed by atoms with van der Waals surface area (Å²) in [5.74, 6) is -0.744. The Balaban J connectivity index is 1.55. The highest BCUT2D eigenvalue weighted by Gasteiger charge is 2.65. The highest BCUT2D eigenvalue weighted by Crippen LogP contribution is 2.71. The first-order valence-electron chi connectivity index (χ1n) is 11.8. The van der Waals surface area contributed by atoms with Crippen molar-refractivity contribution in [1.29, 1.82) is 5.26 Å². The molecule has 0 radical (unpaired) electrons. The van der Waals surface area contributed by atoms with Gasteiger partial charge in [-0.3, -0.25) is 14.5 Å². The summed E-state index contributed by atoms with van der Waals surface area (Å²) in [6, 6.07) is 6.18. The molecule has 1 saturated heterocycles. The number of hydrogen-bond donors (Lipinski definition) is 4. The molecule has 1 unspecified atom stereocenters. The van der Waals surface area contributed by atoms with Gasteiger partial charge in [0.25, 0.3) is 5.91 Å². The number of halogens is 1. The molecule has 2 aromatic rings. The van der Waals surface area contributed by atoms with E-state index < -0.39 is 37.8 Å². The summed E-state index contributed by atoms with van der Waals surface area (Å²) < 4.78 is 30.1. The van der Waals surface area contributed by atoms with Crippen LogP contribution in [0.2, 0.25) is 0 Å². The number of carbonyl (C=O) groups is 1. The van der Waals surface area contributed by atoms with Crippen LogP contribution in [0, 0.1) is 29.5 Å². The van der Waals surface area contributed by atoms with Gasteiger partial charge in [0.05, 0.1) is 15.6 Å². The van der Waals surface area contributed by atoms with Crippen molar-refractivity contribution in [3.05, 3.63) is 52.7 Å². The summed E-state index contributed by atoms with van der Waals surface area (Å²) in [5, 5.41) is 11.3. The van der Waals surface area contributed by atoms with Crippen LogP contribution in [0.25, 0.3) is 0 Å². The van der Waals surface area contributed by atoms with Gasteiger partial charge in [0.15, 0.2) is 0 Å². The fraction of sp³-hybridized carbons (Fsp3) is 0.480. The van der Waals surface area contributed by atoms with Crippen LogP contribution in [-0.4, -0.2) is 42.8 Å². The number of aryl methyl sites for hydroxylation is 1. The SMILES string of the molecule is Cc1cc(C#N)cnc1C(=O)Nc1ccc(F)c([C@@]2(C)N=C(N)C(C)(C)S3(O)NCC4(CC4)C[C@@H]23)n1. The van der Waals surface area contributed by atoms with E-state index in [4.69, 9.17) is 16.0 Å². The monoisotopic (exact) mass is 511 g/mol. The van der Waals surface area contributed by atoms with Crippen molar-refractivity contribution in [1.82, 2.24) is 14.7 Å². The van der Waals surface area contributed by atoms with Crippen molar-refractivity contribution >= 4 is 28.1 Å². The first-order chi connectivity index (χ1) is 16.8. The number of pyridine rings is 2. The highest BCUT2D eigenvalue weighted by molar-refractivity contribution is 8.29. The molecule has 11 heteroatoms. The van der Waals surface area contributed by atoms with Gasteiger partial charge in [0.1, 0.15) is 40.5 Å². The van der Waals surface area contributed by atoms with Crippen molar-refractivity contribution in [2.45, 2.75) is 62.5 Å². The molecule has 190 valence electrons. The van der Waals surface area contributed by atoms with Gasteiger partial charge in [-0.05, 0) is 76.1 Å². The fourth-order valence-electron chi connectivity index (χ4n) is 5.31. The van der Waals surface area contributed by atoms with Crippen molar-refractivity contribution in [3.63, 3.8) is 0 Å². The van der Waals surface area contributed by atoms with Crippen molar-refractivity contribution in [2.75, 3.05) is 11.9 Å². The highest BCUT2D eigenvalue weighted by atomic mass is 32.3. The van der Waals surface area contributed by atoms with Crippen molar-refractivity contribution in [3.8, 4) is 6.07 Å². The first-order valence-corrected chi connectivity index (χ1v) is 13.5. The number of hydrogen-bond acceptors (Lipinski definition) is 8. The molecule has 2 aromatic heterocycles. The normalized spacial score (nSPS) is 31.4. The third-order valence-electron chi connectivity index (χ3n) is 8.02. The fourth-order valence-corrected chi connectivity index (χ4v) is 8.90. The zero-order valence-corrected chi connectivity index (χ0v) is 21.5. The predicted octanol–water partition coefficient (Wildman–Crippen LogP) is 3.75. The second-order valence-electron chi connectivity index (χ2n) is 10.8. The van der Waals surface area contributed by atoms with E-state index in [1.807, 2.05) is 19.9 Å². The minimum atomic E-state index is -2.54. The number of nitrogens with two attached hydrogens (primary N) is 1. The number of amidine groups is 1. The van der Waals surface area contributed by atoms with Crippen molar-refractivity contribution < 1.29 is 13.7 Å². The second kappa shape index (κ2) is 7.96. The molecule has 3 aliphatic rings. The standard InChI is InChI=1S/C25H30FN7O2S/c1-14-9-15(11-27)12-29-19(14)21(34)32-18-6-5-16(26)20(31-18)24(4)17-10-25(7-8-25)13-30-36(17,35)23(2,3)22(28)33-24/h5-6,9,12,17,30,35H,7-8,10,13H2,1-4H3,(H2,28,33)(H,31,32,34)/t17-,24-/m0/s1. The number of carbonyl (C=O) groups excluding carboxylic acids is 1. The van der Waals surface area contributed by atoms with Gasteiger partial charge in [-0.25, -0.2) is 14.4 Å². The maximum Gasteiger partial charge on any atom is 0.275 e. The van der Waals surface area contributed by atoms with Crippen LogP contribution in [0.5, 0.6) is 0 Å². The minimum Gasteiger partial charge on any atom is -0.386 e. The zero-order chi connectivity index (χ0) is 26.1. The lowest BCUT2D eigenvalue weighted by Gasteiger charge is -2.62. The van der Waals surface area contributed by atoms with Gasteiger partial charge in [0, 0.05) is 12.7 Å². The summed E-state index contributed by atoms with van der Waals surface area (Å²) in [6.45, 7) is 7.90. The molecule has 5 N–H and O–H groups in total. The summed E-state index contributed by atoms with van der Waals surface area (Å²) in [6.07, 6.45) is 4.10. The molecule has 1 saturated carbocycles. The molecule has 5 rings (SSSR count). The maximum atomic E-state index is 15.4. The van der Waals surface area contributed by atoms with E-state index in [1.54, 1.807) is 19.9 Å². The zero-order valence-electron chi connectivity index (χ0n) is 20.7. The minimum absolute atomic E-state index is 0.0266. The van der Waals surface area contributed by atoms with Gasteiger partial charge < -0.3 is 15.6 Å². The average Bonchev–Trinajstić information content (AvgIpc) is 3.59. The molecular formula is C25H30FN7O2S. The van der Waals surface area contributed by atoms with E-state index in [0.29, 0.717) is 24.1 Å². The van der Waals surface area contributed by atoms with Crippen LogP contribution in [0.1, 0.15) is 67.3 Å². The summed E-state index contributed by atoms with van der Waals surface area (Å²) in [4.78, 5) is 26.3. The second-order valence-corrected chi connectivity index (χ2v) is 13.9. The smallest absolute Gasteiger partial charge is 0.275 e. The Kier molecular flexibility index (Phi) is 5.45. The molecule has 1 amide bonds. The lowest BCUT2D eigenvalue weighted by atomic mass is 9.84. The summed E-state index contributed by atoms with van der Waals surface area (Å²) in [5.41, 5.74) is 6.29. The van der Waals surface area contributed by atoms with Crippen LogP contribution >= 0.6 is 10.5 Å². The number of aromatic nitrogens is 2. The van der Waals surface area contributed by atoms with E-state index >= 15 is 4.39 Å². The number of fused-ring (bicyclic) bond motifs is 1. The van der Waals surface area contributed by atoms with Gasteiger partial charge in [-0.1, -0.05) is 10.5 Å². The molecule has 4 heterocycles. The van der Waals surface area contributed by atoms with Crippen LogP contribution in [-0.2, 0) is 5.54 Å². The molecule has 3 atom stereocenters. The average molecular weight is 512 g/mol. The van der Waals surface area contributed by atoms with E-state index in [2.05, 4.69) is 20.0 Å². The van der Waals surface area contributed by atoms with E-state index in [0.717, 1.165) is 12.8 Å². The molecule has 1 aliphatic carbocycles. The molecule has 9 nitrogen and oxygen atoms in total. The van der Waals surface area contributed by atoms with Crippen LogP contribution in [0.15, 0.2) is 29.4 Å². The van der Waals surface area contributed by atoms with Gasteiger partial charge in [-0.15, -0.1) is 0 Å². The number of aliphatic imine (C=N–C) groups is 1. The molecule has 36 heavy (non-hydrogen) atoms. The lowest BCUT2D eigenvalue weighted by molar-refractivity contribution is 0.102. The van der Waals surface area contributed by atoms with E-state index in [9.17, 15) is 9.35 Å². The number of nitrogens with zero attached hydrogens (tertiary/aromatic N) is 4. The topological polar surface area (TPSA) is 149 Å². The maximum absolute atomic E-state index is 15.4. The predicted molar refractivity (Wildman–Crippen MR) is 137 cm³/mol. The molecule has 0 aromatic carbocycles.